The molecule has 3 rings (SSSR count). The molecular formula is C13H13N5O. The van der Waals surface area contributed by atoms with Gasteiger partial charge < -0.3 is 10.3 Å². The standard InChI is InChI=1S/C13H13N5O/c1-8-3-4-9(5-11(8)14)13-16-12(17-19-13)10-6-15-18(2)7-10/h3-7H,14H2,1-2H3. The van der Waals surface area contributed by atoms with Gasteiger partial charge in [0, 0.05) is 24.5 Å². The summed E-state index contributed by atoms with van der Waals surface area (Å²) in [6.45, 7) is 1.95. The number of aromatic nitrogens is 4. The van der Waals surface area contributed by atoms with Gasteiger partial charge in [-0.15, -0.1) is 0 Å². The third kappa shape index (κ3) is 2.08. The van der Waals surface area contributed by atoms with Crippen molar-refractivity contribution < 1.29 is 4.52 Å². The van der Waals surface area contributed by atoms with Crippen LogP contribution in [0.3, 0.4) is 0 Å². The Labute approximate surface area is 109 Å². The first-order chi connectivity index (χ1) is 9.13. The second-order valence-electron chi connectivity index (χ2n) is 4.40. The highest BCUT2D eigenvalue weighted by Gasteiger charge is 2.12. The molecule has 0 radical (unpaired) electrons. The zero-order chi connectivity index (χ0) is 13.4. The molecule has 0 amide bonds. The topological polar surface area (TPSA) is 82.8 Å². The number of nitrogen functional groups attached to an aromatic ring is 1. The average molecular weight is 255 g/mol. The number of benzene rings is 1. The summed E-state index contributed by atoms with van der Waals surface area (Å²) in [5.74, 6) is 0.966. The molecule has 2 N–H and O–H groups in total. The van der Waals surface area contributed by atoms with Gasteiger partial charge in [-0.1, -0.05) is 11.2 Å². The summed E-state index contributed by atoms with van der Waals surface area (Å²) in [6, 6.07) is 5.67. The Morgan fingerprint density at radius 1 is 1.26 bits per heavy atom. The molecule has 6 heteroatoms. The Morgan fingerprint density at radius 3 is 2.79 bits per heavy atom. The second kappa shape index (κ2) is 4.24. The van der Waals surface area contributed by atoms with Gasteiger partial charge in [0.25, 0.3) is 5.89 Å². The highest BCUT2D eigenvalue weighted by atomic mass is 16.5. The molecule has 19 heavy (non-hydrogen) atoms. The number of aryl methyl sites for hydroxylation is 2. The average Bonchev–Trinajstić information content (AvgIpc) is 3.01. The van der Waals surface area contributed by atoms with E-state index in [2.05, 4.69) is 15.2 Å². The van der Waals surface area contributed by atoms with Crippen molar-refractivity contribution in [3.63, 3.8) is 0 Å². The van der Waals surface area contributed by atoms with Crippen LogP contribution in [-0.2, 0) is 7.05 Å². The molecule has 6 nitrogen and oxygen atoms in total. The molecular weight excluding hydrogens is 242 g/mol. The van der Waals surface area contributed by atoms with Crippen molar-refractivity contribution in [3.05, 3.63) is 36.2 Å². The molecule has 0 saturated carbocycles. The van der Waals surface area contributed by atoms with Gasteiger partial charge in [0.05, 0.1) is 11.8 Å². The van der Waals surface area contributed by atoms with Crippen LogP contribution >= 0.6 is 0 Å². The molecule has 0 spiro atoms. The van der Waals surface area contributed by atoms with Gasteiger partial charge in [-0.25, -0.2) is 0 Å². The molecule has 0 fully saturated rings. The van der Waals surface area contributed by atoms with E-state index in [1.54, 1.807) is 10.9 Å². The molecule has 96 valence electrons. The minimum Gasteiger partial charge on any atom is -0.398 e. The number of rotatable bonds is 2. The summed E-state index contributed by atoms with van der Waals surface area (Å²) < 4.78 is 6.95. The molecule has 3 aromatic rings. The maximum atomic E-state index is 5.88. The Morgan fingerprint density at radius 2 is 2.11 bits per heavy atom. The van der Waals surface area contributed by atoms with E-state index in [1.165, 1.54) is 0 Å². The Bertz CT molecular complexity index is 728. The second-order valence-corrected chi connectivity index (χ2v) is 4.40. The first kappa shape index (κ1) is 11.5. The van der Waals surface area contributed by atoms with Crippen molar-refractivity contribution in [2.75, 3.05) is 5.73 Å². The summed E-state index contributed by atoms with van der Waals surface area (Å²) in [7, 11) is 1.84. The summed E-state index contributed by atoms with van der Waals surface area (Å²) >= 11 is 0. The minimum absolute atomic E-state index is 0.450. The SMILES string of the molecule is Cc1ccc(-c2nc(-c3cnn(C)c3)no2)cc1N. The normalized spacial score (nSPS) is 10.8. The smallest absolute Gasteiger partial charge is 0.258 e. The molecule has 0 aliphatic rings. The fourth-order valence-electron chi connectivity index (χ4n) is 1.77. The molecule has 0 aliphatic carbocycles. The summed E-state index contributed by atoms with van der Waals surface area (Å²) in [5.41, 5.74) is 9.24. The van der Waals surface area contributed by atoms with Crippen molar-refractivity contribution in [2.24, 2.45) is 7.05 Å². The van der Waals surface area contributed by atoms with Gasteiger partial charge in [-0.05, 0) is 24.6 Å². The number of nitrogens with two attached hydrogens (primary N) is 1. The van der Waals surface area contributed by atoms with Crippen LogP contribution in [0.1, 0.15) is 5.56 Å². The van der Waals surface area contributed by atoms with Crippen molar-refractivity contribution in [3.8, 4) is 22.8 Å². The lowest BCUT2D eigenvalue weighted by Crippen LogP contribution is -1.90. The van der Waals surface area contributed by atoms with Crippen LogP contribution < -0.4 is 5.73 Å². The van der Waals surface area contributed by atoms with Crippen LogP contribution in [-0.4, -0.2) is 19.9 Å². The molecule has 1 aromatic carbocycles. The fraction of sp³-hybridized carbons (Fsp3) is 0.154. The van der Waals surface area contributed by atoms with E-state index < -0.39 is 0 Å². The third-order valence-electron chi connectivity index (χ3n) is 2.92. The maximum Gasteiger partial charge on any atom is 0.258 e. The number of hydrogen-bond donors (Lipinski definition) is 1. The van der Waals surface area contributed by atoms with Crippen LogP contribution in [0.4, 0.5) is 5.69 Å². The Kier molecular flexibility index (Phi) is 2.56. The lowest BCUT2D eigenvalue weighted by Gasteiger charge is -2.00. The molecule has 0 aliphatic heterocycles. The van der Waals surface area contributed by atoms with E-state index in [0.717, 1.165) is 16.7 Å². The highest BCUT2D eigenvalue weighted by Crippen LogP contribution is 2.24. The molecule has 0 unspecified atom stereocenters. The first-order valence-electron chi connectivity index (χ1n) is 5.83. The fourth-order valence-corrected chi connectivity index (χ4v) is 1.77. The van der Waals surface area contributed by atoms with E-state index >= 15 is 0 Å². The summed E-state index contributed by atoms with van der Waals surface area (Å²) in [6.07, 6.45) is 3.52. The Hall–Kier alpha value is -2.63. The number of hydrogen-bond acceptors (Lipinski definition) is 5. The third-order valence-corrected chi connectivity index (χ3v) is 2.92. The van der Waals surface area contributed by atoms with E-state index in [4.69, 9.17) is 10.3 Å². The molecule has 0 bridgehead atoms. The van der Waals surface area contributed by atoms with Crippen molar-refractivity contribution in [1.82, 2.24) is 19.9 Å². The maximum absolute atomic E-state index is 5.88. The van der Waals surface area contributed by atoms with E-state index in [9.17, 15) is 0 Å². The predicted octanol–water partition coefficient (Wildman–Crippen LogP) is 2.03. The van der Waals surface area contributed by atoms with Crippen molar-refractivity contribution in [2.45, 2.75) is 6.92 Å². The van der Waals surface area contributed by atoms with Gasteiger partial charge in [0.2, 0.25) is 5.82 Å². The van der Waals surface area contributed by atoms with E-state index in [0.29, 0.717) is 17.4 Å². The molecule has 0 atom stereocenters. The lowest BCUT2D eigenvalue weighted by molar-refractivity contribution is 0.432. The summed E-state index contributed by atoms with van der Waals surface area (Å²) in [5, 5.41) is 8.02. The number of anilines is 1. The van der Waals surface area contributed by atoms with Gasteiger partial charge in [-0.3, -0.25) is 4.68 Å². The highest BCUT2D eigenvalue weighted by molar-refractivity contribution is 5.64. The lowest BCUT2D eigenvalue weighted by atomic mass is 10.1. The van der Waals surface area contributed by atoms with Gasteiger partial charge in [0.15, 0.2) is 0 Å². The van der Waals surface area contributed by atoms with E-state index in [1.807, 2.05) is 38.4 Å². The predicted molar refractivity (Wildman–Crippen MR) is 71.1 cm³/mol. The molecule has 2 heterocycles. The van der Waals surface area contributed by atoms with Gasteiger partial charge in [-0.2, -0.15) is 10.1 Å². The first-order valence-corrected chi connectivity index (χ1v) is 5.83. The monoisotopic (exact) mass is 255 g/mol. The minimum atomic E-state index is 0.450. The van der Waals surface area contributed by atoms with Crippen LogP contribution in [0.25, 0.3) is 22.8 Å². The van der Waals surface area contributed by atoms with Gasteiger partial charge >= 0.3 is 0 Å². The summed E-state index contributed by atoms with van der Waals surface area (Å²) in [4.78, 5) is 4.35. The molecule has 2 aromatic heterocycles. The largest absolute Gasteiger partial charge is 0.398 e. The van der Waals surface area contributed by atoms with Crippen molar-refractivity contribution in [1.29, 1.82) is 0 Å². The van der Waals surface area contributed by atoms with Crippen LogP contribution in [0.15, 0.2) is 35.1 Å². The van der Waals surface area contributed by atoms with Crippen LogP contribution in [0, 0.1) is 6.92 Å². The van der Waals surface area contributed by atoms with E-state index in [-0.39, 0.29) is 0 Å². The van der Waals surface area contributed by atoms with Crippen LogP contribution in [0.5, 0.6) is 0 Å². The number of nitrogens with zero attached hydrogens (tertiary/aromatic N) is 4. The Balaban J connectivity index is 1.98. The van der Waals surface area contributed by atoms with Gasteiger partial charge in [0.1, 0.15) is 0 Å². The van der Waals surface area contributed by atoms with Crippen molar-refractivity contribution >= 4 is 5.69 Å². The molecule has 0 saturated heterocycles. The zero-order valence-electron chi connectivity index (χ0n) is 10.7. The zero-order valence-corrected chi connectivity index (χ0v) is 10.7. The van der Waals surface area contributed by atoms with Crippen LogP contribution in [0.2, 0.25) is 0 Å². The quantitative estimate of drug-likeness (QED) is 0.708.